The fourth-order valence-electron chi connectivity index (χ4n) is 8.39. The van der Waals surface area contributed by atoms with Gasteiger partial charge in [0, 0.05) is 42.2 Å². The van der Waals surface area contributed by atoms with Gasteiger partial charge in [0.15, 0.2) is 5.82 Å². The maximum atomic E-state index is 16.8. The number of hydrogen-bond donors (Lipinski definition) is 2. The van der Waals surface area contributed by atoms with Crippen molar-refractivity contribution >= 4 is 28.3 Å². The molecule has 5 fully saturated rings. The lowest BCUT2D eigenvalue weighted by Crippen LogP contribution is -2.60. The van der Waals surface area contributed by atoms with Crippen LogP contribution in [-0.4, -0.2) is 87.6 Å². The van der Waals surface area contributed by atoms with Crippen LogP contribution >= 0.6 is 11.6 Å². The van der Waals surface area contributed by atoms with Crippen molar-refractivity contribution in [2.75, 3.05) is 37.7 Å². The van der Waals surface area contributed by atoms with Gasteiger partial charge < -0.3 is 24.8 Å². The zero-order valence-electron chi connectivity index (χ0n) is 23.7. The second kappa shape index (κ2) is 9.49. The molecule has 3 aromatic rings. The summed E-state index contributed by atoms with van der Waals surface area (Å²) in [6.07, 6.45) is 5.31. The summed E-state index contributed by atoms with van der Waals surface area (Å²) < 4.78 is 44.0. The topological polar surface area (TPSA) is 95.9 Å². The third-order valence-corrected chi connectivity index (χ3v) is 10.8. The van der Waals surface area contributed by atoms with Crippen molar-refractivity contribution in [1.29, 1.82) is 0 Å². The molecule has 0 unspecified atom stereocenters. The monoisotopic (exact) mass is 610 g/mol. The number of hydrogen-bond acceptors (Lipinski definition) is 9. The number of alkyl halides is 1. The van der Waals surface area contributed by atoms with Gasteiger partial charge in [0.1, 0.15) is 47.5 Å². The number of anilines is 1. The molecular weight excluding hydrogens is 578 g/mol. The van der Waals surface area contributed by atoms with Gasteiger partial charge in [-0.2, -0.15) is 9.97 Å². The lowest BCUT2D eigenvalue weighted by atomic mass is 9.95. The van der Waals surface area contributed by atoms with Gasteiger partial charge >= 0.3 is 6.01 Å². The summed E-state index contributed by atoms with van der Waals surface area (Å²) in [5.74, 6) is 0.292. The number of aromatic nitrogens is 3. The Morgan fingerprint density at radius 1 is 1.16 bits per heavy atom. The molecule has 9 nitrogen and oxygen atoms in total. The number of benzene rings is 1. The molecule has 2 bridgehead atoms. The Kier molecular flexibility index (Phi) is 5.82. The van der Waals surface area contributed by atoms with Crippen LogP contribution in [0.5, 0.6) is 17.6 Å². The first-order valence-corrected chi connectivity index (χ1v) is 15.9. The van der Waals surface area contributed by atoms with Gasteiger partial charge in [0.25, 0.3) is 0 Å². The van der Waals surface area contributed by atoms with E-state index < -0.39 is 17.5 Å². The maximum Gasteiger partial charge on any atom is 0.319 e. The highest BCUT2D eigenvalue weighted by atomic mass is 35.5. The van der Waals surface area contributed by atoms with E-state index in [0.29, 0.717) is 53.9 Å². The van der Waals surface area contributed by atoms with Crippen LogP contribution in [0.2, 0.25) is 5.02 Å². The molecule has 1 saturated carbocycles. The zero-order chi connectivity index (χ0) is 29.0. The first-order chi connectivity index (χ1) is 20.9. The number of phenolic OH excluding ortho intramolecular Hbond substituents is 1. The average molecular weight is 611 g/mol. The molecule has 226 valence electrons. The number of piperazine rings is 1. The number of rotatable bonds is 5. The third kappa shape index (κ3) is 4.10. The van der Waals surface area contributed by atoms with Crippen LogP contribution in [0.1, 0.15) is 56.4 Å². The van der Waals surface area contributed by atoms with E-state index in [1.165, 1.54) is 12.1 Å². The van der Waals surface area contributed by atoms with E-state index in [2.05, 4.69) is 20.1 Å². The maximum absolute atomic E-state index is 16.8. The molecule has 6 aliphatic rings. The van der Waals surface area contributed by atoms with E-state index in [-0.39, 0.29) is 53.5 Å². The van der Waals surface area contributed by atoms with Crippen LogP contribution in [0, 0.1) is 5.82 Å². The Bertz CT molecular complexity index is 1660. The number of fused-ring (bicyclic) bond motifs is 6. The summed E-state index contributed by atoms with van der Waals surface area (Å²) in [5.41, 5.74) is 0.920. The van der Waals surface area contributed by atoms with Crippen molar-refractivity contribution in [3.8, 4) is 28.9 Å². The number of ether oxygens (including phenoxy) is 2. The molecule has 0 amide bonds. The fraction of sp³-hybridized carbons (Fsp3) is 0.581. The van der Waals surface area contributed by atoms with E-state index in [1.54, 1.807) is 0 Å². The highest BCUT2D eigenvalue weighted by Crippen LogP contribution is 2.50. The molecule has 12 heteroatoms. The van der Waals surface area contributed by atoms with E-state index in [9.17, 15) is 9.50 Å². The minimum absolute atomic E-state index is 0.0197. The molecule has 4 saturated heterocycles. The van der Waals surface area contributed by atoms with Crippen molar-refractivity contribution in [3.05, 3.63) is 28.5 Å². The third-order valence-electron chi connectivity index (χ3n) is 10.5. The number of nitrogens with one attached hydrogen (secondary N) is 1. The highest BCUT2D eigenvalue weighted by molar-refractivity contribution is 6.32. The van der Waals surface area contributed by atoms with Crippen molar-refractivity contribution < 1.29 is 23.4 Å². The van der Waals surface area contributed by atoms with Crippen LogP contribution in [0.15, 0.2) is 12.1 Å². The molecule has 5 atom stereocenters. The number of phenols is 1. The van der Waals surface area contributed by atoms with E-state index >= 15 is 4.39 Å². The molecule has 0 radical (unpaired) electrons. The lowest BCUT2D eigenvalue weighted by molar-refractivity contribution is 0.107. The largest absolute Gasteiger partial charge is 0.508 e. The predicted molar refractivity (Wildman–Crippen MR) is 156 cm³/mol. The number of nitrogens with zero attached hydrogens (tertiary/aromatic N) is 5. The van der Waals surface area contributed by atoms with Gasteiger partial charge in [-0.25, -0.2) is 13.8 Å². The SMILES string of the molecule is Oc1cc(Cl)c(C2CC2)c(-c2nc3c4c(nc(OC[C@]56CCCN5C[C@H](F)C6)nc4c2F)N2C[C@@H]4CC[C@@H](N4)[C@H]2CO3)c1. The van der Waals surface area contributed by atoms with Gasteiger partial charge in [-0.15, -0.1) is 0 Å². The van der Waals surface area contributed by atoms with E-state index in [0.717, 1.165) is 50.6 Å². The summed E-state index contributed by atoms with van der Waals surface area (Å²) in [7, 11) is 0. The Morgan fingerprint density at radius 2 is 2.05 bits per heavy atom. The minimum atomic E-state index is -0.885. The first kappa shape index (κ1) is 26.4. The van der Waals surface area contributed by atoms with Crippen LogP contribution in [0.3, 0.4) is 0 Å². The molecular formula is C31H33ClF2N6O3. The normalized spacial score (nSPS) is 31.2. The Labute approximate surface area is 252 Å². The summed E-state index contributed by atoms with van der Waals surface area (Å²) in [6, 6.07) is 3.57. The molecule has 7 heterocycles. The molecule has 1 aliphatic carbocycles. The second-order valence-corrected chi connectivity index (χ2v) is 13.6. The van der Waals surface area contributed by atoms with Crippen molar-refractivity contribution in [2.45, 2.75) is 80.7 Å². The van der Waals surface area contributed by atoms with Crippen molar-refractivity contribution in [3.63, 3.8) is 0 Å². The minimum Gasteiger partial charge on any atom is -0.508 e. The summed E-state index contributed by atoms with van der Waals surface area (Å²) in [4.78, 5) is 18.7. The molecule has 1 aromatic carbocycles. The fourth-order valence-corrected chi connectivity index (χ4v) is 8.76. The average Bonchev–Trinajstić information content (AvgIpc) is 3.56. The van der Waals surface area contributed by atoms with Gasteiger partial charge in [0.05, 0.1) is 11.6 Å². The number of halogens is 3. The molecule has 43 heavy (non-hydrogen) atoms. The summed E-state index contributed by atoms with van der Waals surface area (Å²) in [6.45, 7) is 2.56. The first-order valence-electron chi connectivity index (χ1n) is 15.5. The number of aromatic hydroxyl groups is 1. The zero-order valence-corrected chi connectivity index (χ0v) is 24.4. The highest BCUT2D eigenvalue weighted by Gasteiger charge is 2.50. The lowest BCUT2D eigenvalue weighted by Gasteiger charge is -2.40. The van der Waals surface area contributed by atoms with Gasteiger partial charge in [-0.1, -0.05) is 11.6 Å². The van der Waals surface area contributed by atoms with Crippen LogP contribution in [0.25, 0.3) is 22.2 Å². The van der Waals surface area contributed by atoms with E-state index in [4.69, 9.17) is 31.0 Å². The van der Waals surface area contributed by atoms with E-state index in [1.807, 2.05) is 0 Å². The van der Waals surface area contributed by atoms with Gasteiger partial charge in [0.2, 0.25) is 5.88 Å². The molecule has 2 aromatic heterocycles. The molecule has 9 rings (SSSR count). The van der Waals surface area contributed by atoms with Crippen LogP contribution in [0.4, 0.5) is 14.6 Å². The van der Waals surface area contributed by atoms with Gasteiger partial charge in [-0.05, 0) is 68.7 Å². The standard InChI is InChI=1S/C31H33ClF2N6O3/c32-20-9-18(41)8-19(23(20)15-2-3-15)26-25(34)27-24-28(40-12-17-4-5-21(35-17)22(40)13-42-29(24)36-26)38-30(37-27)43-14-31-6-1-7-39(31)11-16(33)10-31/h8-9,15-17,21-22,35,41H,1-7,10-14H2/t16-,17+,21-,22-,31-/m1/s1. The van der Waals surface area contributed by atoms with Crippen LogP contribution < -0.4 is 19.7 Å². The Hall–Kier alpha value is -3.02. The Balaban J connectivity index is 1.21. The predicted octanol–water partition coefficient (Wildman–Crippen LogP) is 4.72. The van der Waals surface area contributed by atoms with Gasteiger partial charge in [-0.3, -0.25) is 4.90 Å². The summed E-state index contributed by atoms with van der Waals surface area (Å²) in [5, 5.41) is 15.0. The van der Waals surface area contributed by atoms with Crippen LogP contribution in [-0.2, 0) is 0 Å². The number of pyridine rings is 1. The van der Waals surface area contributed by atoms with Crippen molar-refractivity contribution in [2.24, 2.45) is 0 Å². The van der Waals surface area contributed by atoms with Crippen molar-refractivity contribution in [1.82, 2.24) is 25.2 Å². The smallest absolute Gasteiger partial charge is 0.319 e. The quantitative estimate of drug-likeness (QED) is 0.425. The summed E-state index contributed by atoms with van der Waals surface area (Å²) >= 11 is 6.60. The molecule has 5 aliphatic heterocycles. The Morgan fingerprint density at radius 3 is 2.91 bits per heavy atom. The molecule has 2 N–H and O–H groups in total. The molecule has 0 spiro atoms. The second-order valence-electron chi connectivity index (χ2n) is 13.2.